The highest BCUT2D eigenvalue weighted by molar-refractivity contribution is 8.01. The van der Waals surface area contributed by atoms with E-state index in [9.17, 15) is 14.9 Å². The summed E-state index contributed by atoms with van der Waals surface area (Å²) in [6.07, 6.45) is 5.86. The third-order valence-electron chi connectivity index (χ3n) is 5.03. The van der Waals surface area contributed by atoms with Gasteiger partial charge in [-0.1, -0.05) is 19.3 Å². The zero-order valence-corrected chi connectivity index (χ0v) is 13.2. The predicted molar refractivity (Wildman–Crippen MR) is 80.3 cm³/mol. The van der Waals surface area contributed by atoms with Crippen molar-refractivity contribution in [2.24, 2.45) is 0 Å². The molecule has 2 amide bonds. The van der Waals surface area contributed by atoms with Gasteiger partial charge in [-0.15, -0.1) is 11.8 Å². The van der Waals surface area contributed by atoms with Crippen LogP contribution < -0.4 is 5.32 Å². The lowest BCUT2D eigenvalue weighted by atomic mass is 9.82. The van der Waals surface area contributed by atoms with Crippen LogP contribution in [0.2, 0.25) is 0 Å². The minimum absolute atomic E-state index is 0.0669. The molecule has 1 saturated carbocycles. The zero-order valence-electron chi connectivity index (χ0n) is 12.4. The Morgan fingerprint density at radius 1 is 1.38 bits per heavy atom. The van der Waals surface area contributed by atoms with Crippen LogP contribution in [0.3, 0.4) is 0 Å². The van der Waals surface area contributed by atoms with E-state index in [-0.39, 0.29) is 16.7 Å². The van der Waals surface area contributed by atoms with Gasteiger partial charge >= 0.3 is 0 Å². The summed E-state index contributed by atoms with van der Waals surface area (Å²) in [5, 5.41) is 12.4. The van der Waals surface area contributed by atoms with Gasteiger partial charge in [-0.25, -0.2) is 0 Å². The predicted octanol–water partition coefficient (Wildman–Crippen LogP) is 1.78. The Bertz CT molecular complexity index is 510. The Kier molecular flexibility index (Phi) is 3.64. The number of carbonyl (C=O) groups is 2. The number of nitriles is 1. The molecule has 0 aromatic rings. The second-order valence-electron chi connectivity index (χ2n) is 6.51. The van der Waals surface area contributed by atoms with E-state index in [0.29, 0.717) is 12.2 Å². The standard InChI is InChI=1S/C15H21N3O2S/c1-14-8-5-12(19)18(14)11(9-21-14)13(20)17-15(10-16)6-3-2-4-7-15/h11H,2-9H2,1H3,(H,17,20)/t11-,14+/m0/s1. The largest absolute Gasteiger partial charge is 0.336 e. The average molecular weight is 307 g/mol. The van der Waals surface area contributed by atoms with Crippen molar-refractivity contribution >= 4 is 23.6 Å². The minimum atomic E-state index is -0.720. The van der Waals surface area contributed by atoms with Crippen LogP contribution in [0.1, 0.15) is 51.9 Å². The van der Waals surface area contributed by atoms with Crippen LogP contribution in [-0.4, -0.2) is 38.9 Å². The molecule has 1 aliphatic carbocycles. The summed E-state index contributed by atoms with van der Waals surface area (Å²) in [5.74, 6) is 0.553. The van der Waals surface area contributed by atoms with E-state index in [0.717, 1.165) is 38.5 Å². The van der Waals surface area contributed by atoms with Crippen molar-refractivity contribution in [1.82, 2.24) is 10.2 Å². The number of hydrogen-bond donors (Lipinski definition) is 1. The summed E-state index contributed by atoms with van der Waals surface area (Å²) < 4.78 is 0. The molecule has 0 bridgehead atoms. The van der Waals surface area contributed by atoms with Crippen molar-refractivity contribution in [2.75, 3.05) is 5.75 Å². The van der Waals surface area contributed by atoms with Crippen LogP contribution in [0, 0.1) is 11.3 Å². The van der Waals surface area contributed by atoms with E-state index >= 15 is 0 Å². The molecule has 3 fully saturated rings. The quantitative estimate of drug-likeness (QED) is 0.844. The fourth-order valence-electron chi connectivity index (χ4n) is 3.75. The van der Waals surface area contributed by atoms with E-state index in [2.05, 4.69) is 11.4 Å². The topological polar surface area (TPSA) is 73.2 Å². The number of nitrogens with one attached hydrogen (secondary N) is 1. The number of hydrogen-bond acceptors (Lipinski definition) is 4. The van der Waals surface area contributed by atoms with Crippen molar-refractivity contribution in [2.45, 2.75) is 68.3 Å². The molecule has 0 unspecified atom stereocenters. The van der Waals surface area contributed by atoms with Crippen LogP contribution in [-0.2, 0) is 9.59 Å². The molecule has 0 radical (unpaired) electrons. The molecule has 0 spiro atoms. The van der Waals surface area contributed by atoms with E-state index in [1.54, 1.807) is 16.7 Å². The van der Waals surface area contributed by atoms with Gasteiger partial charge in [-0.2, -0.15) is 5.26 Å². The smallest absolute Gasteiger partial charge is 0.244 e. The van der Waals surface area contributed by atoms with Crippen LogP contribution in [0.25, 0.3) is 0 Å². The molecule has 21 heavy (non-hydrogen) atoms. The zero-order chi connectivity index (χ0) is 15.1. The molecule has 2 atom stereocenters. The lowest BCUT2D eigenvalue weighted by Gasteiger charge is -2.35. The van der Waals surface area contributed by atoms with Crippen LogP contribution in [0.5, 0.6) is 0 Å². The summed E-state index contributed by atoms with van der Waals surface area (Å²) in [4.78, 5) is 26.2. The van der Waals surface area contributed by atoms with Gasteiger partial charge in [0, 0.05) is 12.2 Å². The molecule has 3 aliphatic rings. The maximum absolute atomic E-state index is 12.6. The SMILES string of the molecule is C[C@@]12CCC(=O)N1[C@H](C(=O)NC1(C#N)CCCCC1)CS2. The lowest BCUT2D eigenvalue weighted by Crippen LogP contribution is -2.56. The van der Waals surface area contributed by atoms with Crippen molar-refractivity contribution in [1.29, 1.82) is 5.26 Å². The van der Waals surface area contributed by atoms with Gasteiger partial charge in [0.2, 0.25) is 11.8 Å². The average Bonchev–Trinajstić information content (AvgIpc) is 2.97. The van der Waals surface area contributed by atoms with Crippen LogP contribution >= 0.6 is 11.8 Å². The summed E-state index contributed by atoms with van der Waals surface area (Å²) >= 11 is 1.69. The van der Waals surface area contributed by atoms with Gasteiger partial charge in [0.05, 0.1) is 10.9 Å². The van der Waals surface area contributed by atoms with Crippen molar-refractivity contribution in [3.8, 4) is 6.07 Å². The summed E-state index contributed by atoms with van der Waals surface area (Å²) in [6.45, 7) is 2.04. The number of rotatable bonds is 2. The van der Waals surface area contributed by atoms with E-state index in [1.807, 2.05) is 6.92 Å². The van der Waals surface area contributed by atoms with Crippen LogP contribution in [0.4, 0.5) is 0 Å². The minimum Gasteiger partial charge on any atom is -0.336 e. The molecular weight excluding hydrogens is 286 g/mol. The second kappa shape index (κ2) is 5.20. The summed E-state index contributed by atoms with van der Waals surface area (Å²) in [6, 6.07) is 1.90. The van der Waals surface area contributed by atoms with Gasteiger partial charge in [-0.3, -0.25) is 9.59 Å². The molecule has 2 heterocycles. The van der Waals surface area contributed by atoms with Gasteiger partial charge in [0.15, 0.2) is 0 Å². The number of carbonyl (C=O) groups excluding carboxylic acids is 2. The highest BCUT2D eigenvalue weighted by Gasteiger charge is 2.53. The number of fused-ring (bicyclic) bond motifs is 1. The first-order chi connectivity index (χ1) is 10.00. The van der Waals surface area contributed by atoms with Gasteiger partial charge < -0.3 is 10.2 Å². The van der Waals surface area contributed by atoms with Crippen molar-refractivity contribution in [3.05, 3.63) is 0 Å². The first-order valence-corrected chi connectivity index (χ1v) is 8.68. The molecule has 0 aromatic heterocycles. The first-order valence-electron chi connectivity index (χ1n) is 7.69. The van der Waals surface area contributed by atoms with E-state index in [1.165, 1.54) is 0 Å². The molecular formula is C15H21N3O2S. The highest BCUT2D eigenvalue weighted by atomic mass is 32.2. The Morgan fingerprint density at radius 3 is 2.76 bits per heavy atom. The van der Waals surface area contributed by atoms with Gasteiger partial charge in [0.1, 0.15) is 11.6 Å². The molecule has 3 rings (SSSR count). The Labute approximate surface area is 129 Å². The number of nitrogens with zero attached hydrogens (tertiary/aromatic N) is 2. The molecule has 114 valence electrons. The lowest BCUT2D eigenvalue weighted by molar-refractivity contribution is -0.138. The Morgan fingerprint density at radius 2 is 2.10 bits per heavy atom. The molecule has 6 heteroatoms. The fourth-order valence-corrected chi connectivity index (χ4v) is 5.19. The third kappa shape index (κ3) is 2.42. The van der Waals surface area contributed by atoms with E-state index < -0.39 is 11.6 Å². The number of thioether (sulfide) groups is 1. The summed E-state index contributed by atoms with van der Waals surface area (Å²) in [7, 11) is 0. The highest BCUT2D eigenvalue weighted by Crippen LogP contribution is 2.47. The van der Waals surface area contributed by atoms with Gasteiger partial charge in [0.25, 0.3) is 0 Å². The normalized spacial score (nSPS) is 34.4. The molecule has 0 aromatic carbocycles. The summed E-state index contributed by atoms with van der Waals surface area (Å²) in [5.41, 5.74) is -0.720. The molecule has 5 nitrogen and oxygen atoms in total. The first kappa shape index (κ1) is 14.7. The van der Waals surface area contributed by atoms with Crippen LogP contribution in [0.15, 0.2) is 0 Å². The van der Waals surface area contributed by atoms with Crippen molar-refractivity contribution in [3.63, 3.8) is 0 Å². The fraction of sp³-hybridized carbons (Fsp3) is 0.800. The van der Waals surface area contributed by atoms with Crippen molar-refractivity contribution < 1.29 is 9.59 Å². The van der Waals surface area contributed by atoms with Gasteiger partial charge in [-0.05, 0) is 26.2 Å². The Balaban J connectivity index is 1.74. The number of amides is 2. The maximum atomic E-state index is 12.6. The molecule has 1 N–H and O–H groups in total. The van der Waals surface area contributed by atoms with E-state index in [4.69, 9.17) is 0 Å². The molecule has 2 aliphatic heterocycles. The second-order valence-corrected chi connectivity index (χ2v) is 8.01. The maximum Gasteiger partial charge on any atom is 0.244 e. The molecule has 2 saturated heterocycles. The monoisotopic (exact) mass is 307 g/mol. The third-order valence-corrected chi connectivity index (χ3v) is 6.54. The Hall–Kier alpha value is -1.22.